The molecule has 0 aromatic heterocycles. The average molecular weight is 202 g/mol. The number of amides is 2. The Morgan fingerprint density at radius 1 is 1.14 bits per heavy atom. The summed E-state index contributed by atoms with van der Waals surface area (Å²) in [7, 11) is 2.96. The fraction of sp³-hybridized carbons (Fsp3) is 0.750. The molecule has 1 aliphatic heterocycles. The molecule has 1 fully saturated rings. The number of carbonyl (C=O) groups excluding carboxylic acids is 2. The standard InChI is InChI=1S/C8H14N2O4/c1-13-8(14-2)5-3-6(11)9-10-7(12)4-5/h5,8H,3-4H2,1-2H3,(H,9,11)(H,10,12). The zero-order chi connectivity index (χ0) is 10.6. The van der Waals surface area contributed by atoms with Gasteiger partial charge in [-0.15, -0.1) is 0 Å². The highest BCUT2D eigenvalue weighted by Crippen LogP contribution is 2.18. The van der Waals surface area contributed by atoms with E-state index >= 15 is 0 Å². The summed E-state index contributed by atoms with van der Waals surface area (Å²) in [5.74, 6) is -0.715. The van der Waals surface area contributed by atoms with E-state index < -0.39 is 6.29 Å². The molecule has 1 saturated heterocycles. The van der Waals surface area contributed by atoms with Crippen molar-refractivity contribution in [2.75, 3.05) is 14.2 Å². The van der Waals surface area contributed by atoms with Crippen LogP contribution in [-0.2, 0) is 19.1 Å². The molecule has 1 heterocycles. The van der Waals surface area contributed by atoms with Crippen LogP contribution in [-0.4, -0.2) is 32.3 Å². The monoisotopic (exact) mass is 202 g/mol. The van der Waals surface area contributed by atoms with Gasteiger partial charge in [-0.25, -0.2) is 0 Å². The zero-order valence-electron chi connectivity index (χ0n) is 8.20. The van der Waals surface area contributed by atoms with Crippen LogP contribution in [0.25, 0.3) is 0 Å². The molecule has 0 bridgehead atoms. The van der Waals surface area contributed by atoms with Crippen LogP contribution in [0.15, 0.2) is 0 Å². The first kappa shape index (κ1) is 10.9. The summed E-state index contributed by atoms with van der Waals surface area (Å²) in [5, 5.41) is 0. The first-order valence-electron chi connectivity index (χ1n) is 4.30. The summed E-state index contributed by atoms with van der Waals surface area (Å²) in [6.07, 6.45) is -0.0968. The fourth-order valence-electron chi connectivity index (χ4n) is 1.46. The molecule has 80 valence electrons. The van der Waals surface area contributed by atoms with Gasteiger partial charge < -0.3 is 9.47 Å². The van der Waals surface area contributed by atoms with Crippen molar-refractivity contribution in [3.05, 3.63) is 0 Å². The molecule has 2 N–H and O–H groups in total. The van der Waals surface area contributed by atoms with Crippen molar-refractivity contribution < 1.29 is 19.1 Å². The Bertz CT molecular complexity index is 209. The molecule has 0 saturated carbocycles. The first-order valence-corrected chi connectivity index (χ1v) is 4.30. The molecular weight excluding hydrogens is 188 g/mol. The van der Waals surface area contributed by atoms with Crippen LogP contribution in [0.2, 0.25) is 0 Å². The summed E-state index contributed by atoms with van der Waals surface area (Å²) in [5.41, 5.74) is 4.56. The second-order valence-electron chi connectivity index (χ2n) is 3.10. The number of rotatable bonds is 3. The lowest BCUT2D eigenvalue weighted by Gasteiger charge is -2.21. The highest BCUT2D eigenvalue weighted by molar-refractivity contribution is 5.84. The maximum absolute atomic E-state index is 11.1. The van der Waals surface area contributed by atoms with Gasteiger partial charge in [0.15, 0.2) is 6.29 Å². The minimum atomic E-state index is -0.524. The van der Waals surface area contributed by atoms with E-state index in [2.05, 4.69) is 10.9 Å². The number of methoxy groups -OCH3 is 2. The van der Waals surface area contributed by atoms with E-state index in [9.17, 15) is 9.59 Å². The summed E-state index contributed by atoms with van der Waals surface area (Å²) < 4.78 is 10.0. The largest absolute Gasteiger partial charge is 0.356 e. The van der Waals surface area contributed by atoms with Gasteiger partial charge in [-0.2, -0.15) is 0 Å². The van der Waals surface area contributed by atoms with E-state index in [1.54, 1.807) is 0 Å². The highest BCUT2D eigenvalue weighted by Gasteiger charge is 2.29. The molecular formula is C8H14N2O4. The van der Waals surface area contributed by atoms with Crippen molar-refractivity contribution in [2.45, 2.75) is 19.1 Å². The average Bonchev–Trinajstić information content (AvgIpc) is 2.31. The summed E-state index contributed by atoms with van der Waals surface area (Å²) in [6.45, 7) is 0. The molecule has 6 nitrogen and oxygen atoms in total. The summed E-state index contributed by atoms with van der Waals surface area (Å²) in [4.78, 5) is 22.3. The predicted octanol–water partition coefficient (Wildman–Crippen LogP) is -0.837. The van der Waals surface area contributed by atoms with Crippen LogP contribution < -0.4 is 10.9 Å². The Balaban J connectivity index is 2.64. The van der Waals surface area contributed by atoms with E-state index in [1.807, 2.05) is 0 Å². The van der Waals surface area contributed by atoms with E-state index in [0.717, 1.165) is 0 Å². The molecule has 0 aromatic carbocycles. The van der Waals surface area contributed by atoms with Crippen LogP contribution in [0.3, 0.4) is 0 Å². The molecule has 2 amide bonds. The third kappa shape index (κ3) is 2.68. The second-order valence-corrected chi connectivity index (χ2v) is 3.10. The van der Waals surface area contributed by atoms with Gasteiger partial charge in [0.25, 0.3) is 0 Å². The third-order valence-electron chi connectivity index (χ3n) is 2.09. The molecule has 0 aliphatic carbocycles. The van der Waals surface area contributed by atoms with Crippen molar-refractivity contribution in [3.8, 4) is 0 Å². The van der Waals surface area contributed by atoms with E-state index in [1.165, 1.54) is 14.2 Å². The Morgan fingerprint density at radius 2 is 1.57 bits per heavy atom. The minimum absolute atomic E-state index is 0.213. The van der Waals surface area contributed by atoms with Crippen molar-refractivity contribution >= 4 is 11.8 Å². The van der Waals surface area contributed by atoms with Crippen LogP contribution >= 0.6 is 0 Å². The van der Waals surface area contributed by atoms with Crippen molar-refractivity contribution in [3.63, 3.8) is 0 Å². The number of ether oxygens (including phenoxy) is 2. The molecule has 6 heteroatoms. The van der Waals surface area contributed by atoms with Gasteiger partial charge in [-0.05, 0) is 0 Å². The van der Waals surface area contributed by atoms with Gasteiger partial charge in [0, 0.05) is 33.0 Å². The van der Waals surface area contributed by atoms with Gasteiger partial charge in [-0.3, -0.25) is 20.4 Å². The van der Waals surface area contributed by atoms with Crippen molar-refractivity contribution in [1.82, 2.24) is 10.9 Å². The van der Waals surface area contributed by atoms with Crippen LogP contribution in [0.1, 0.15) is 12.8 Å². The van der Waals surface area contributed by atoms with Gasteiger partial charge in [0.05, 0.1) is 0 Å². The normalized spacial score (nSPS) is 19.1. The van der Waals surface area contributed by atoms with Crippen LogP contribution in [0.5, 0.6) is 0 Å². The molecule has 0 unspecified atom stereocenters. The predicted molar refractivity (Wildman–Crippen MR) is 46.8 cm³/mol. The Hall–Kier alpha value is -1.14. The molecule has 14 heavy (non-hydrogen) atoms. The Labute approximate surface area is 81.9 Å². The van der Waals surface area contributed by atoms with Crippen LogP contribution in [0.4, 0.5) is 0 Å². The second kappa shape index (κ2) is 4.92. The minimum Gasteiger partial charge on any atom is -0.356 e. The third-order valence-corrected chi connectivity index (χ3v) is 2.09. The van der Waals surface area contributed by atoms with E-state index in [-0.39, 0.29) is 30.6 Å². The lowest BCUT2D eigenvalue weighted by atomic mass is 10.0. The molecule has 0 aromatic rings. The number of hydrogen-bond acceptors (Lipinski definition) is 4. The van der Waals surface area contributed by atoms with Crippen molar-refractivity contribution in [1.29, 1.82) is 0 Å². The Kier molecular flexibility index (Phi) is 3.84. The molecule has 1 rings (SSSR count). The lowest BCUT2D eigenvalue weighted by Crippen LogP contribution is -2.38. The van der Waals surface area contributed by atoms with E-state index in [4.69, 9.17) is 9.47 Å². The zero-order valence-corrected chi connectivity index (χ0v) is 8.20. The number of hydrogen-bond donors (Lipinski definition) is 2. The van der Waals surface area contributed by atoms with E-state index in [0.29, 0.717) is 0 Å². The van der Waals surface area contributed by atoms with Gasteiger partial charge >= 0.3 is 0 Å². The first-order chi connectivity index (χ1) is 6.67. The highest BCUT2D eigenvalue weighted by atomic mass is 16.7. The molecule has 1 aliphatic rings. The number of nitrogens with one attached hydrogen (secondary N) is 2. The SMILES string of the molecule is COC(OC)C1CC(=O)NNC(=O)C1. The topological polar surface area (TPSA) is 76.7 Å². The summed E-state index contributed by atoms with van der Waals surface area (Å²) in [6, 6.07) is 0. The van der Waals surface area contributed by atoms with Gasteiger partial charge in [0.2, 0.25) is 11.8 Å². The maximum atomic E-state index is 11.1. The molecule has 0 atom stereocenters. The quantitative estimate of drug-likeness (QED) is 0.585. The van der Waals surface area contributed by atoms with Crippen LogP contribution in [0, 0.1) is 5.92 Å². The number of carbonyl (C=O) groups is 2. The number of hydrazine groups is 1. The van der Waals surface area contributed by atoms with Gasteiger partial charge in [0.1, 0.15) is 0 Å². The summed E-state index contributed by atoms with van der Waals surface area (Å²) >= 11 is 0. The van der Waals surface area contributed by atoms with Gasteiger partial charge in [-0.1, -0.05) is 0 Å². The lowest BCUT2D eigenvalue weighted by molar-refractivity contribution is -0.149. The molecule has 0 radical (unpaired) electrons. The Morgan fingerprint density at radius 3 is 1.93 bits per heavy atom. The van der Waals surface area contributed by atoms with Crippen molar-refractivity contribution in [2.24, 2.45) is 5.92 Å². The smallest absolute Gasteiger partial charge is 0.238 e. The molecule has 0 spiro atoms. The maximum Gasteiger partial charge on any atom is 0.238 e. The fourth-order valence-corrected chi connectivity index (χ4v) is 1.46.